The average molecular weight is 276 g/mol. The van der Waals surface area contributed by atoms with Crippen molar-refractivity contribution in [2.24, 2.45) is 5.73 Å². The van der Waals surface area contributed by atoms with Crippen LogP contribution < -0.4 is 11.1 Å². The molecule has 0 atom stereocenters. The first-order valence-electron chi connectivity index (χ1n) is 5.69. The minimum atomic E-state index is -1.12. The van der Waals surface area contributed by atoms with Crippen molar-refractivity contribution < 1.29 is 14.7 Å². The number of hydrogen-bond donors (Lipinski definition) is 3. The first kappa shape index (κ1) is 13.5. The van der Waals surface area contributed by atoms with Crippen molar-refractivity contribution in [2.75, 3.05) is 11.9 Å². The standard InChI is InChI=1S/C11H12N6O3/c12-10(18)8-5-7(1-2-14-8)13-3-4-17-6-9(11(19)20)15-16-17/h1-2,5-6H,3-4H2,(H2,12,18)(H,13,14)(H,19,20). The van der Waals surface area contributed by atoms with Gasteiger partial charge in [-0.3, -0.25) is 9.78 Å². The van der Waals surface area contributed by atoms with Crippen molar-refractivity contribution in [1.29, 1.82) is 0 Å². The quantitative estimate of drug-likeness (QED) is 0.651. The molecule has 104 valence electrons. The smallest absolute Gasteiger partial charge is 0.358 e. The van der Waals surface area contributed by atoms with Gasteiger partial charge in [0.1, 0.15) is 5.69 Å². The third kappa shape index (κ3) is 3.28. The molecule has 4 N–H and O–H groups in total. The highest BCUT2D eigenvalue weighted by Gasteiger charge is 2.07. The van der Waals surface area contributed by atoms with E-state index in [1.54, 1.807) is 6.07 Å². The Morgan fingerprint density at radius 2 is 2.20 bits per heavy atom. The molecule has 0 radical (unpaired) electrons. The Kier molecular flexibility index (Phi) is 3.89. The van der Waals surface area contributed by atoms with Crippen molar-refractivity contribution in [3.8, 4) is 0 Å². The number of carbonyl (C=O) groups is 2. The molecule has 2 rings (SSSR count). The van der Waals surface area contributed by atoms with Gasteiger partial charge in [-0.05, 0) is 12.1 Å². The van der Waals surface area contributed by atoms with Crippen molar-refractivity contribution in [1.82, 2.24) is 20.0 Å². The Labute approximate surface area is 113 Å². The fourth-order valence-electron chi connectivity index (χ4n) is 1.50. The predicted molar refractivity (Wildman–Crippen MR) is 68.2 cm³/mol. The monoisotopic (exact) mass is 276 g/mol. The minimum Gasteiger partial charge on any atom is -0.476 e. The lowest BCUT2D eigenvalue weighted by Crippen LogP contribution is -2.15. The molecule has 0 aliphatic rings. The molecule has 2 aromatic rings. The van der Waals surface area contributed by atoms with Crippen molar-refractivity contribution in [3.05, 3.63) is 35.9 Å². The SMILES string of the molecule is NC(=O)c1cc(NCCn2cc(C(=O)O)nn2)ccn1. The minimum absolute atomic E-state index is 0.107. The lowest BCUT2D eigenvalue weighted by Gasteiger charge is -2.06. The largest absolute Gasteiger partial charge is 0.476 e. The maximum Gasteiger partial charge on any atom is 0.358 e. The second kappa shape index (κ2) is 5.78. The fourth-order valence-corrected chi connectivity index (χ4v) is 1.50. The van der Waals surface area contributed by atoms with Gasteiger partial charge in [0.25, 0.3) is 5.91 Å². The molecule has 0 aliphatic carbocycles. The second-order valence-corrected chi connectivity index (χ2v) is 3.89. The van der Waals surface area contributed by atoms with Crippen LogP contribution in [0.3, 0.4) is 0 Å². The highest BCUT2D eigenvalue weighted by Crippen LogP contribution is 2.07. The van der Waals surface area contributed by atoms with Gasteiger partial charge in [0, 0.05) is 18.4 Å². The van der Waals surface area contributed by atoms with E-state index in [0.29, 0.717) is 18.8 Å². The molecule has 0 unspecified atom stereocenters. The molecule has 0 saturated heterocycles. The van der Waals surface area contributed by atoms with Gasteiger partial charge in [-0.15, -0.1) is 5.10 Å². The molecule has 9 nitrogen and oxygen atoms in total. The van der Waals surface area contributed by atoms with E-state index in [2.05, 4.69) is 20.6 Å². The maximum absolute atomic E-state index is 11.0. The summed E-state index contributed by atoms with van der Waals surface area (Å²) in [7, 11) is 0. The molecular formula is C11H12N6O3. The van der Waals surface area contributed by atoms with Crippen molar-refractivity contribution >= 4 is 17.6 Å². The number of carbonyl (C=O) groups excluding carboxylic acids is 1. The first-order valence-corrected chi connectivity index (χ1v) is 5.69. The summed E-state index contributed by atoms with van der Waals surface area (Å²) in [5, 5.41) is 18.9. The summed E-state index contributed by atoms with van der Waals surface area (Å²) in [4.78, 5) is 25.4. The number of rotatable bonds is 6. The Balaban J connectivity index is 1.90. The van der Waals surface area contributed by atoms with E-state index in [1.165, 1.54) is 23.1 Å². The third-order valence-electron chi connectivity index (χ3n) is 2.44. The van der Waals surface area contributed by atoms with Gasteiger partial charge < -0.3 is 16.2 Å². The van der Waals surface area contributed by atoms with Gasteiger partial charge in [-0.25, -0.2) is 9.48 Å². The Hall–Kier alpha value is -2.97. The number of carboxylic acid groups (broad SMARTS) is 1. The van der Waals surface area contributed by atoms with Crippen LogP contribution in [0.25, 0.3) is 0 Å². The number of nitrogens with zero attached hydrogens (tertiary/aromatic N) is 4. The number of carboxylic acids is 1. The van der Waals surface area contributed by atoms with Crippen LogP contribution >= 0.6 is 0 Å². The molecule has 1 amide bonds. The molecule has 0 bridgehead atoms. The number of nitrogens with one attached hydrogen (secondary N) is 1. The molecule has 2 aromatic heterocycles. The number of nitrogens with two attached hydrogens (primary N) is 1. The summed E-state index contributed by atoms with van der Waals surface area (Å²) in [5.41, 5.74) is 5.88. The van der Waals surface area contributed by atoms with E-state index in [4.69, 9.17) is 10.8 Å². The molecular weight excluding hydrogens is 264 g/mol. The van der Waals surface area contributed by atoms with Crippen LogP contribution in [0.2, 0.25) is 0 Å². The summed E-state index contributed by atoms with van der Waals surface area (Å²) < 4.78 is 1.41. The van der Waals surface area contributed by atoms with Crippen LogP contribution in [0, 0.1) is 0 Å². The second-order valence-electron chi connectivity index (χ2n) is 3.89. The fraction of sp³-hybridized carbons (Fsp3) is 0.182. The molecule has 2 heterocycles. The van der Waals surface area contributed by atoms with Crippen LogP contribution in [0.5, 0.6) is 0 Å². The Morgan fingerprint density at radius 1 is 1.40 bits per heavy atom. The molecule has 0 aromatic carbocycles. The third-order valence-corrected chi connectivity index (χ3v) is 2.44. The number of hydrogen-bond acceptors (Lipinski definition) is 6. The summed E-state index contributed by atoms with van der Waals surface area (Å²) in [6, 6.07) is 3.23. The number of aromatic carboxylic acids is 1. The van der Waals surface area contributed by atoms with E-state index in [0.717, 1.165) is 0 Å². The van der Waals surface area contributed by atoms with E-state index in [1.807, 2.05) is 0 Å². The topological polar surface area (TPSA) is 136 Å². The van der Waals surface area contributed by atoms with E-state index in [-0.39, 0.29) is 11.4 Å². The molecule has 0 saturated carbocycles. The lowest BCUT2D eigenvalue weighted by molar-refractivity contribution is 0.0690. The number of pyridine rings is 1. The van der Waals surface area contributed by atoms with E-state index < -0.39 is 11.9 Å². The summed E-state index contributed by atoms with van der Waals surface area (Å²) in [5.74, 6) is -1.72. The number of aromatic nitrogens is 4. The van der Waals surface area contributed by atoms with Gasteiger partial charge in [0.15, 0.2) is 5.69 Å². The first-order chi connectivity index (χ1) is 9.56. The lowest BCUT2D eigenvalue weighted by atomic mass is 10.3. The summed E-state index contributed by atoms with van der Waals surface area (Å²) in [6.07, 6.45) is 2.81. The van der Waals surface area contributed by atoms with Gasteiger partial charge in [-0.1, -0.05) is 5.21 Å². The number of amides is 1. The number of anilines is 1. The van der Waals surface area contributed by atoms with Crippen molar-refractivity contribution in [3.63, 3.8) is 0 Å². The average Bonchev–Trinajstić information content (AvgIpc) is 2.88. The number of primary amides is 1. The zero-order valence-corrected chi connectivity index (χ0v) is 10.4. The van der Waals surface area contributed by atoms with Gasteiger partial charge in [0.2, 0.25) is 0 Å². The van der Waals surface area contributed by atoms with E-state index >= 15 is 0 Å². The highest BCUT2D eigenvalue weighted by atomic mass is 16.4. The van der Waals surface area contributed by atoms with Gasteiger partial charge in [-0.2, -0.15) is 0 Å². The van der Waals surface area contributed by atoms with E-state index in [9.17, 15) is 9.59 Å². The van der Waals surface area contributed by atoms with Crippen LogP contribution in [0.4, 0.5) is 5.69 Å². The van der Waals surface area contributed by atoms with Crippen LogP contribution in [0.1, 0.15) is 21.0 Å². The maximum atomic E-state index is 11.0. The zero-order chi connectivity index (χ0) is 14.5. The molecule has 0 aliphatic heterocycles. The van der Waals surface area contributed by atoms with Crippen LogP contribution in [0.15, 0.2) is 24.5 Å². The van der Waals surface area contributed by atoms with Gasteiger partial charge in [0.05, 0.1) is 12.7 Å². The van der Waals surface area contributed by atoms with Crippen molar-refractivity contribution in [2.45, 2.75) is 6.54 Å². The molecule has 0 spiro atoms. The zero-order valence-electron chi connectivity index (χ0n) is 10.4. The van der Waals surface area contributed by atoms with Crippen LogP contribution in [-0.2, 0) is 6.54 Å². The van der Waals surface area contributed by atoms with Gasteiger partial charge >= 0.3 is 5.97 Å². The molecule has 0 fully saturated rings. The predicted octanol–water partition coefficient (Wildman–Crippen LogP) is -0.418. The molecule has 20 heavy (non-hydrogen) atoms. The molecule has 9 heteroatoms. The summed E-state index contributed by atoms with van der Waals surface area (Å²) >= 11 is 0. The summed E-state index contributed by atoms with van der Waals surface area (Å²) in [6.45, 7) is 0.902. The Morgan fingerprint density at radius 3 is 2.85 bits per heavy atom. The van der Waals surface area contributed by atoms with Crippen LogP contribution in [-0.4, -0.2) is 43.5 Å². The Bertz CT molecular complexity index is 639. The highest BCUT2D eigenvalue weighted by molar-refractivity contribution is 5.91. The normalized spacial score (nSPS) is 10.2.